The van der Waals surface area contributed by atoms with Crippen molar-refractivity contribution < 1.29 is 13.2 Å². The molecule has 1 aliphatic rings. The second kappa shape index (κ2) is 9.62. The summed E-state index contributed by atoms with van der Waals surface area (Å²) in [5.41, 5.74) is 2.60. The van der Waals surface area contributed by atoms with E-state index in [0.717, 1.165) is 30.5 Å². The fraction of sp³-hybridized carbons (Fsp3) is 0.435. The largest absolute Gasteiger partial charge is 0.378 e. The number of amides is 1. The van der Waals surface area contributed by atoms with E-state index in [1.807, 2.05) is 56.3 Å². The van der Waals surface area contributed by atoms with Crippen molar-refractivity contribution in [2.45, 2.75) is 43.5 Å². The lowest BCUT2D eigenvalue weighted by Crippen LogP contribution is -2.45. The lowest BCUT2D eigenvalue weighted by molar-refractivity contribution is 0.0949. The number of nitrogens with zero attached hydrogens (tertiary/aromatic N) is 2. The third-order valence-corrected chi connectivity index (χ3v) is 7.55. The van der Waals surface area contributed by atoms with Crippen molar-refractivity contribution in [3.63, 3.8) is 0 Å². The van der Waals surface area contributed by atoms with Crippen LogP contribution in [-0.4, -0.2) is 51.9 Å². The summed E-state index contributed by atoms with van der Waals surface area (Å²) in [5, 5.41) is 2.95. The number of hydrogen-bond donors (Lipinski definition) is 1. The molecule has 1 amide bonds. The Balaban J connectivity index is 1.64. The van der Waals surface area contributed by atoms with E-state index in [4.69, 9.17) is 0 Å². The van der Waals surface area contributed by atoms with Gasteiger partial charge in [-0.3, -0.25) is 4.79 Å². The molecule has 0 aliphatic carbocycles. The summed E-state index contributed by atoms with van der Waals surface area (Å²) < 4.78 is 28.0. The minimum Gasteiger partial charge on any atom is -0.378 e. The summed E-state index contributed by atoms with van der Waals surface area (Å²) in [5.74, 6) is -0.137. The van der Waals surface area contributed by atoms with Crippen molar-refractivity contribution in [2.24, 2.45) is 0 Å². The van der Waals surface area contributed by atoms with E-state index in [-0.39, 0.29) is 11.9 Å². The van der Waals surface area contributed by atoms with Crippen LogP contribution in [0.2, 0.25) is 0 Å². The molecule has 1 fully saturated rings. The van der Waals surface area contributed by atoms with Crippen LogP contribution in [0.15, 0.2) is 53.4 Å². The number of anilines is 1. The van der Waals surface area contributed by atoms with Crippen LogP contribution in [0.4, 0.5) is 5.69 Å². The van der Waals surface area contributed by atoms with Gasteiger partial charge in [-0.2, -0.15) is 4.31 Å². The highest BCUT2D eigenvalue weighted by Gasteiger charge is 2.33. The molecule has 0 aromatic heterocycles. The highest BCUT2D eigenvalue weighted by atomic mass is 32.2. The van der Waals surface area contributed by atoms with Crippen LogP contribution in [0.3, 0.4) is 0 Å². The number of piperidine rings is 1. The Hall–Kier alpha value is -2.38. The average molecular weight is 430 g/mol. The van der Waals surface area contributed by atoms with Gasteiger partial charge in [0.25, 0.3) is 5.91 Å². The summed E-state index contributed by atoms with van der Waals surface area (Å²) in [4.78, 5) is 14.8. The smallest absolute Gasteiger partial charge is 0.251 e. The summed E-state index contributed by atoms with van der Waals surface area (Å²) >= 11 is 0. The van der Waals surface area contributed by atoms with Gasteiger partial charge >= 0.3 is 0 Å². The molecule has 2 aromatic rings. The maximum Gasteiger partial charge on any atom is 0.251 e. The maximum absolute atomic E-state index is 13.2. The Morgan fingerprint density at radius 2 is 1.87 bits per heavy atom. The standard InChI is InChI=1S/C23H31N3O3S/c1-18-10-12-22(13-11-18)30(28,29)26-16-5-4-8-20(26)14-15-24-23(27)19-7-6-9-21(17-19)25(2)3/h6-7,9-13,17,20H,4-5,8,14-16H2,1-3H3,(H,24,27). The van der Waals surface area contributed by atoms with E-state index < -0.39 is 10.0 Å². The number of nitrogens with one attached hydrogen (secondary N) is 1. The van der Waals surface area contributed by atoms with Gasteiger partial charge in [-0.1, -0.05) is 30.2 Å². The van der Waals surface area contributed by atoms with Gasteiger partial charge in [0.15, 0.2) is 0 Å². The molecule has 2 aromatic carbocycles. The summed E-state index contributed by atoms with van der Waals surface area (Å²) in [6.45, 7) is 2.91. The van der Waals surface area contributed by atoms with Crippen LogP contribution in [-0.2, 0) is 10.0 Å². The van der Waals surface area contributed by atoms with Gasteiger partial charge < -0.3 is 10.2 Å². The van der Waals surface area contributed by atoms with Crippen molar-refractivity contribution in [1.82, 2.24) is 9.62 Å². The van der Waals surface area contributed by atoms with E-state index in [0.29, 0.717) is 30.0 Å². The molecule has 1 heterocycles. The van der Waals surface area contributed by atoms with Crippen LogP contribution >= 0.6 is 0 Å². The van der Waals surface area contributed by atoms with Gasteiger partial charge in [0.05, 0.1) is 4.90 Å². The zero-order chi connectivity index (χ0) is 21.7. The molecule has 30 heavy (non-hydrogen) atoms. The number of rotatable bonds is 7. The first-order valence-electron chi connectivity index (χ1n) is 10.4. The molecule has 3 rings (SSSR count). The van der Waals surface area contributed by atoms with Gasteiger partial charge in [0.2, 0.25) is 10.0 Å². The second-order valence-electron chi connectivity index (χ2n) is 8.07. The van der Waals surface area contributed by atoms with Gasteiger partial charge in [-0.25, -0.2) is 8.42 Å². The van der Waals surface area contributed by atoms with Crippen molar-refractivity contribution in [1.29, 1.82) is 0 Å². The van der Waals surface area contributed by atoms with Crippen molar-refractivity contribution in [3.05, 3.63) is 59.7 Å². The molecule has 6 nitrogen and oxygen atoms in total. The third-order valence-electron chi connectivity index (χ3n) is 5.59. The molecule has 1 unspecified atom stereocenters. The normalized spacial score (nSPS) is 17.5. The minimum atomic E-state index is -3.53. The zero-order valence-electron chi connectivity index (χ0n) is 18.0. The topological polar surface area (TPSA) is 69.7 Å². The highest BCUT2D eigenvalue weighted by Crippen LogP contribution is 2.27. The molecule has 1 saturated heterocycles. The Kier molecular flexibility index (Phi) is 7.15. The second-order valence-corrected chi connectivity index (χ2v) is 9.96. The predicted molar refractivity (Wildman–Crippen MR) is 120 cm³/mol. The lowest BCUT2D eigenvalue weighted by Gasteiger charge is -2.34. The Morgan fingerprint density at radius 1 is 1.13 bits per heavy atom. The van der Waals surface area contributed by atoms with E-state index in [9.17, 15) is 13.2 Å². The van der Waals surface area contributed by atoms with Gasteiger partial charge in [-0.05, 0) is 56.5 Å². The summed E-state index contributed by atoms with van der Waals surface area (Å²) in [6.07, 6.45) is 3.29. The average Bonchev–Trinajstić information content (AvgIpc) is 2.74. The number of sulfonamides is 1. The number of carbonyl (C=O) groups excluding carboxylic acids is 1. The molecule has 0 radical (unpaired) electrons. The van der Waals surface area contributed by atoms with E-state index in [2.05, 4.69) is 5.32 Å². The molecule has 0 saturated carbocycles. The molecule has 0 bridgehead atoms. The number of carbonyl (C=O) groups is 1. The van der Waals surface area contributed by atoms with E-state index in [1.165, 1.54) is 0 Å². The first-order valence-corrected chi connectivity index (χ1v) is 11.9. The number of aryl methyl sites for hydroxylation is 1. The minimum absolute atomic E-state index is 0.0986. The van der Waals surface area contributed by atoms with Gasteiger partial charge in [-0.15, -0.1) is 0 Å². The van der Waals surface area contributed by atoms with Crippen LogP contribution in [0.1, 0.15) is 41.6 Å². The summed E-state index contributed by atoms with van der Waals surface area (Å²) in [7, 11) is 0.337. The van der Waals surface area contributed by atoms with E-state index in [1.54, 1.807) is 22.5 Å². The van der Waals surface area contributed by atoms with Crippen molar-refractivity contribution in [2.75, 3.05) is 32.1 Å². The van der Waals surface area contributed by atoms with Crippen LogP contribution in [0.5, 0.6) is 0 Å². The van der Waals surface area contributed by atoms with Crippen LogP contribution < -0.4 is 10.2 Å². The fourth-order valence-electron chi connectivity index (χ4n) is 3.80. The predicted octanol–water partition coefficient (Wildman–Crippen LogP) is 3.42. The van der Waals surface area contributed by atoms with Crippen LogP contribution in [0, 0.1) is 6.92 Å². The molecule has 162 valence electrons. The van der Waals surface area contributed by atoms with Gasteiger partial charge in [0.1, 0.15) is 0 Å². The highest BCUT2D eigenvalue weighted by molar-refractivity contribution is 7.89. The molecule has 1 aliphatic heterocycles. The Morgan fingerprint density at radius 3 is 2.57 bits per heavy atom. The van der Waals surface area contributed by atoms with E-state index >= 15 is 0 Å². The lowest BCUT2D eigenvalue weighted by atomic mass is 10.0. The Labute approximate surface area is 179 Å². The molecule has 0 spiro atoms. The van der Waals surface area contributed by atoms with Crippen LogP contribution in [0.25, 0.3) is 0 Å². The summed E-state index contributed by atoms with van der Waals surface area (Å²) in [6, 6.07) is 14.4. The Bertz CT molecular complexity index is 971. The zero-order valence-corrected chi connectivity index (χ0v) is 18.8. The molecular formula is C23H31N3O3S. The SMILES string of the molecule is Cc1ccc(S(=O)(=O)N2CCCCC2CCNC(=O)c2cccc(N(C)C)c2)cc1. The molecular weight excluding hydrogens is 398 g/mol. The molecule has 1 atom stereocenters. The maximum atomic E-state index is 13.2. The molecule has 7 heteroatoms. The fourth-order valence-corrected chi connectivity index (χ4v) is 5.53. The monoisotopic (exact) mass is 429 g/mol. The first kappa shape index (κ1) is 22.3. The van der Waals surface area contributed by atoms with Crippen molar-refractivity contribution >= 4 is 21.6 Å². The third kappa shape index (κ3) is 5.21. The first-order chi connectivity index (χ1) is 14.3. The molecule has 1 N–H and O–H groups in total. The van der Waals surface area contributed by atoms with Crippen molar-refractivity contribution in [3.8, 4) is 0 Å². The number of benzene rings is 2. The number of hydrogen-bond acceptors (Lipinski definition) is 4. The quantitative estimate of drug-likeness (QED) is 0.732. The van der Waals surface area contributed by atoms with Gasteiger partial charge in [0, 0.05) is 44.5 Å².